The van der Waals surface area contributed by atoms with Crippen molar-refractivity contribution >= 4 is 41.5 Å². The zero-order valence-electron chi connectivity index (χ0n) is 15.8. The highest BCUT2D eigenvalue weighted by molar-refractivity contribution is 6.34. The molecule has 7 heteroatoms. The largest absolute Gasteiger partial charge is 0.331 e. The molecule has 2 heterocycles. The van der Waals surface area contributed by atoms with Crippen LogP contribution in [0.4, 0.5) is 4.39 Å². The van der Waals surface area contributed by atoms with Crippen molar-refractivity contribution < 1.29 is 9.18 Å². The lowest BCUT2D eigenvalue weighted by atomic mass is 9.68. The molecule has 0 radical (unpaired) electrons. The lowest BCUT2D eigenvalue weighted by Crippen LogP contribution is -2.44. The van der Waals surface area contributed by atoms with Gasteiger partial charge in [-0.3, -0.25) is 4.79 Å². The van der Waals surface area contributed by atoms with E-state index >= 15 is 0 Å². The Kier molecular flexibility index (Phi) is 6.90. The number of nitrogens with one attached hydrogen (secondary N) is 1. The highest BCUT2D eigenvalue weighted by atomic mass is 35.5. The topological polar surface area (TPSA) is 32.3 Å². The summed E-state index contributed by atoms with van der Waals surface area (Å²) < 4.78 is 13.5. The highest BCUT2D eigenvalue weighted by Gasteiger charge is 2.43. The number of halogens is 4. The Morgan fingerprint density at radius 3 is 2.28 bits per heavy atom. The molecule has 154 valence electrons. The van der Waals surface area contributed by atoms with Crippen LogP contribution < -0.4 is 5.32 Å². The van der Waals surface area contributed by atoms with E-state index in [0.29, 0.717) is 23.1 Å². The molecule has 0 aliphatic carbocycles. The van der Waals surface area contributed by atoms with Gasteiger partial charge in [0.05, 0.1) is 0 Å². The Balaban J connectivity index is 0.00000240. The number of carbonyl (C=O) groups is 1. The van der Waals surface area contributed by atoms with Crippen molar-refractivity contribution in [3.05, 3.63) is 81.1 Å². The first kappa shape index (κ1) is 22.1. The van der Waals surface area contributed by atoms with Crippen molar-refractivity contribution in [3.63, 3.8) is 0 Å². The maximum absolute atomic E-state index is 13.5. The molecule has 0 aromatic heterocycles. The molecular formula is C22H22Cl3FN2O. The average molecular weight is 456 g/mol. The molecule has 2 aliphatic heterocycles. The number of hydrogen-bond acceptors (Lipinski definition) is 2. The molecule has 2 aromatic carbocycles. The molecule has 1 fully saturated rings. The monoisotopic (exact) mass is 454 g/mol. The molecular weight excluding hydrogens is 434 g/mol. The lowest BCUT2D eigenvalue weighted by molar-refractivity contribution is -0.126. The van der Waals surface area contributed by atoms with Crippen molar-refractivity contribution in [2.24, 2.45) is 0 Å². The molecule has 1 amide bonds. The zero-order valence-corrected chi connectivity index (χ0v) is 18.1. The third-order valence-electron chi connectivity index (χ3n) is 5.70. The maximum atomic E-state index is 13.5. The minimum absolute atomic E-state index is 0. The summed E-state index contributed by atoms with van der Waals surface area (Å²) in [7, 11) is 0. The predicted molar refractivity (Wildman–Crippen MR) is 117 cm³/mol. The molecule has 0 spiro atoms. The molecule has 2 aromatic rings. The fourth-order valence-electron chi connectivity index (χ4n) is 4.34. The summed E-state index contributed by atoms with van der Waals surface area (Å²) in [6.07, 6.45) is 3.66. The molecule has 0 unspecified atom stereocenters. The van der Waals surface area contributed by atoms with Crippen molar-refractivity contribution in [2.45, 2.75) is 24.8 Å². The minimum atomic E-state index is -0.378. The van der Waals surface area contributed by atoms with E-state index in [9.17, 15) is 9.18 Å². The average Bonchev–Trinajstić information content (AvgIpc) is 3.03. The summed E-state index contributed by atoms with van der Waals surface area (Å²) >= 11 is 12.2. The first-order valence-electron chi connectivity index (χ1n) is 9.40. The predicted octanol–water partition coefficient (Wildman–Crippen LogP) is 5.14. The van der Waals surface area contributed by atoms with E-state index in [2.05, 4.69) is 5.32 Å². The Morgan fingerprint density at radius 1 is 1.03 bits per heavy atom. The lowest BCUT2D eigenvalue weighted by Gasteiger charge is -2.39. The first-order chi connectivity index (χ1) is 13.5. The smallest absolute Gasteiger partial charge is 0.251 e. The van der Waals surface area contributed by atoms with Crippen LogP contribution in [0.25, 0.3) is 0 Å². The van der Waals surface area contributed by atoms with Gasteiger partial charge in [-0.2, -0.15) is 0 Å². The van der Waals surface area contributed by atoms with Gasteiger partial charge in [0.25, 0.3) is 5.91 Å². The van der Waals surface area contributed by atoms with E-state index in [0.717, 1.165) is 42.6 Å². The van der Waals surface area contributed by atoms with Gasteiger partial charge in [0.15, 0.2) is 0 Å². The summed E-state index contributed by atoms with van der Waals surface area (Å²) in [6, 6.07) is 11.9. The summed E-state index contributed by atoms with van der Waals surface area (Å²) in [5, 5.41) is 4.48. The standard InChI is InChI=1S/C22H21Cl2FN2O.ClH/c23-17-11-15(12-18(24)13-17)14-27-10-5-20(21(27)28)22(6-8-26-9-7-22)16-1-3-19(25)4-2-16;/h1-5,11-13,26H,6-10,14H2;1H. The summed E-state index contributed by atoms with van der Waals surface area (Å²) in [5.74, 6) is -0.235. The van der Waals surface area contributed by atoms with E-state index < -0.39 is 0 Å². The fraction of sp³-hybridized carbons (Fsp3) is 0.318. The Morgan fingerprint density at radius 2 is 1.66 bits per heavy atom. The normalized spacial score (nSPS) is 18.4. The molecule has 29 heavy (non-hydrogen) atoms. The van der Waals surface area contributed by atoms with Gasteiger partial charge in [-0.25, -0.2) is 4.39 Å². The summed E-state index contributed by atoms with van der Waals surface area (Å²) in [4.78, 5) is 15.1. The second kappa shape index (κ2) is 9.05. The first-order valence-corrected chi connectivity index (χ1v) is 10.2. The van der Waals surface area contributed by atoms with Gasteiger partial charge >= 0.3 is 0 Å². The van der Waals surface area contributed by atoms with E-state index in [4.69, 9.17) is 23.2 Å². The van der Waals surface area contributed by atoms with Crippen molar-refractivity contribution in [3.8, 4) is 0 Å². The number of hydrogen-bond donors (Lipinski definition) is 1. The van der Waals surface area contributed by atoms with Crippen molar-refractivity contribution in [1.29, 1.82) is 0 Å². The molecule has 0 saturated carbocycles. The van der Waals surface area contributed by atoms with Crippen LogP contribution in [-0.2, 0) is 16.8 Å². The van der Waals surface area contributed by atoms with E-state index in [1.807, 2.05) is 35.2 Å². The van der Waals surface area contributed by atoms with Crippen LogP contribution in [0.15, 0.2) is 54.1 Å². The second-order valence-corrected chi connectivity index (χ2v) is 8.29. The molecule has 2 aliphatic rings. The van der Waals surface area contributed by atoms with Crippen molar-refractivity contribution in [2.75, 3.05) is 19.6 Å². The van der Waals surface area contributed by atoms with Crippen LogP contribution in [0.3, 0.4) is 0 Å². The molecule has 3 nitrogen and oxygen atoms in total. The van der Waals surface area contributed by atoms with Gasteiger partial charge in [-0.15, -0.1) is 12.4 Å². The Hall–Kier alpha value is -1.59. The van der Waals surface area contributed by atoms with Crippen LogP contribution in [0.5, 0.6) is 0 Å². The highest BCUT2D eigenvalue weighted by Crippen LogP contribution is 2.43. The van der Waals surface area contributed by atoms with E-state index in [-0.39, 0.29) is 29.5 Å². The molecule has 4 rings (SSSR count). The molecule has 0 bridgehead atoms. The SMILES string of the molecule is Cl.O=C1C(C2(c3ccc(F)cc3)CCNCC2)=CCN1Cc1cc(Cl)cc(Cl)c1. The van der Waals surface area contributed by atoms with Gasteiger partial charge in [0.2, 0.25) is 0 Å². The minimum Gasteiger partial charge on any atom is -0.331 e. The number of benzene rings is 2. The third kappa shape index (κ3) is 4.46. The van der Waals surface area contributed by atoms with E-state index in [1.54, 1.807) is 6.07 Å². The second-order valence-electron chi connectivity index (χ2n) is 7.42. The zero-order chi connectivity index (χ0) is 19.7. The van der Waals surface area contributed by atoms with Crippen LogP contribution >= 0.6 is 35.6 Å². The fourth-order valence-corrected chi connectivity index (χ4v) is 4.91. The number of piperidine rings is 1. The maximum Gasteiger partial charge on any atom is 0.251 e. The molecule has 1 saturated heterocycles. The van der Waals surface area contributed by atoms with Gasteiger partial charge in [-0.05, 0) is 67.4 Å². The van der Waals surface area contributed by atoms with Gasteiger partial charge in [0.1, 0.15) is 5.82 Å². The molecule has 0 atom stereocenters. The van der Waals surface area contributed by atoms with Crippen LogP contribution in [0.1, 0.15) is 24.0 Å². The van der Waals surface area contributed by atoms with Gasteiger partial charge < -0.3 is 10.2 Å². The summed E-state index contributed by atoms with van der Waals surface area (Å²) in [6.45, 7) is 2.66. The van der Waals surface area contributed by atoms with Gasteiger partial charge in [0, 0.05) is 34.1 Å². The summed E-state index contributed by atoms with van der Waals surface area (Å²) in [5.41, 5.74) is 2.34. The quantitative estimate of drug-likeness (QED) is 0.692. The number of carbonyl (C=O) groups excluding carboxylic acids is 1. The van der Waals surface area contributed by atoms with Crippen LogP contribution in [0.2, 0.25) is 10.0 Å². The van der Waals surface area contributed by atoms with Gasteiger partial charge in [-0.1, -0.05) is 41.4 Å². The number of amides is 1. The van der Waals surface area contributed by atoms with E-state index in [1.165, 1.54) is 12.1 Å². The number of rotatable bonds is 4. The van der Waals surface area contributed by atoms with Crippen LogP contribution in [-0.4, -0.2) is 30.4 Å². The number of nitrogens with zero attached hydrogens (tertiary/aromatic N) is 1. The van der Waals surface area contributed by atoms with Crippen molar-refractivity contribution in [1.82, 2.24) is 10.2 Å². The molecule has 1 N–H and O–H groups in total. The third-order valence-corrected chi connectivity index (χ3v) is 6.14. The Labute approximate surface area is 186 Å². The van der Waals surface area contributed by atoms with Crippen LogP contribution in [0, 0.1) is 5.82 Å². The Bertz CT molecular complexity index is 904.